The highest BCUT2D eigenvalue weighted by Gasteiger charge is 2.30. The predicted molar refractivity (Wildman–Crippen MR) is 116 cm³/mol. The number of imidazole rings is 1. The highest BCUT2D eigenvalue weighted by atomic mass is 19.1. The summed E-state index contributed by atoms with van der Waals surface area (Å²) in [6.45, 7) is 2.64. The Morgan fingerprint density at radius 2 is 2.00 bits per heavy atom. The fraction of sp³-hybridized carbons (Fsp3) is 0.217. The summed E-state index contributed by atoms with van der Waals surface area (Å²) >= 11 is 0. The largest absolute Gasteiger partial charge is 0.349 e. The molecule has 7 nitrogen and oxygen atoms in total. The molecule has 5 aromatic rings. The van der Waals surface area contributed by atoms with E-state index in [0.717, 1.165) is 41.2 Å². The average molecular weight is 431 g/mol. The molecule has 0 bridgehead atoms. The minimum absolute atomic E-state index is 0.271. The number of benzene rings is 1. The van der Waals surface area contributed by atoms with Gasteiger partial charge in [0.05, 0.1) is 29.5 Å². The molecule has 1 N–H and O–H groups in total. The van der Waals surface area contributed by atoms with Gasteiger partial charge < -0.3 is 9.88 Å². The zero-order chi connectivity index (χ0) is 21.8. The molecule has 0 unspecified atom stereocenters. The molecule has 1 atom stereocenters. The summed E-state index contributed by atoms with van der Waals surface area (Å²) in [5.41, 5.74) is 4.31. The van der Waals surface area contributed by atoms with Crippen molar-refractivity contribution in [2.24, 2.45) is 0 Å². The van der Waals surface area contributed by atoms with Crippen LogP contribution in [0.4, 0.5) is 14.6 Å². The molecule has 160 valence electrons. The quantitative estimate of drug-likeness (QED) is 0.452. The molecule has 1 saturated heterocycles. The van der Waals surface area contributed by atoms with Gasteiger partial charge in [-0.1, -0.05) is 0 Å². The number of halogens is 2. The van der Waals surface area contributed by atoms with E-state index in [2.05, 4.69) is 20.1 Å². The molecule has 0 aliphatic carbocycles. The van der Waals surface area contributed by atoms with Gasteiger partial charge in [0.25, 0.3) is 0 Å². The second kappa shape index (κ2) is 7.08. The number of H-pyrrole nitrogens is 1. The molecule has 0 amide bonds. The molecule has 0 radical (unpaired) electrons. The summed E-state index contributed by atoms with van der Waals surface area (Å²) in [6.07, 6.45) is 6.88. The number of pyridine rings is 1. The molecule has 1 aliphatic rings. The number of aromatic amines is 1. The molecule has 1 aromatic carbocycles. The average Bonchev–Trinajstić information content (AvgIpc) is 3.52. The molecule has 4 aromatic heterocycles. The van der Waals surface area contributed by atoms with E-state index in [9.17, 15) is 8.78 Å². The molecule has 5 heterocycles. The van der Waals surface area contributed by atoms with Gasteiger partial charge >= 0.3 is 0 Å². The van der Waals surface area contributed by atoms with Crippen LogP contribution in [0.2, 0.25) is 0 Å². The van der Waals surface area contributed by atoms with Gasteiger partial charge in [-0.05, 0) is 50.1 Å². The van der Waals surface area contributed by atoms with Gasteiger partial charge in [-0.2, -0.15) is 5.10 Å². The molecule has 6 rings (SSSR count). The van der Waals surface area contributed by atoms with Crippen molar-refractivity contribution in [2.75, 3.05) is 11.4 Å². The Kier molecular flexibility index (Phi) is 4.17. The number of nitrogens with zero attached hydrogens (tertiary/aromatic N) is 6. The number of anilines is 1. The lowest BCUT2D eigenvalue weighted by Gasteiger charge is -2.26. The molecular formula is C23H19F2N7. The summed E-state index contributed by atoms with van der Waals surface area (Å²) in [5, 5.41) is 4.40. The van der Waals surface area contributed by atoms with E-state index in [1.54, 1.807) is 16.9 Å². The summed E-state index contributed by atoms with van der Waals surface area (Å²) < 4.78 is 30.0. The minimum atomic E-state index is -0.440. The third kappa shape index (κ3) is 3.00. The maximum absolute atomic E-state index is 14.5. The zero-order valence-electron chi connectivity index (χ0n) is 17.3. The van der Waals surface area contributed by atoms with Crippen molar-refractivity contribution >= 4 is 22.5 Å². The smallest absolute Gasteiger partial charge is 0.168 e. The number of rotatable bonds is 3. The summed E-state index contributed by atoms with van der Waals surface area (Å²) in [7, 11) is 0. The molecular weight excluding hydrogens is 412 g/mol. The lowest BCUT2D eigenvalue weighted by atomic mass is 10.0. The van der Waals surface area contributed by atoms with Crippen LogP contribution in [0.15, 0.2) is 48.9 Å². The van der Waals surface area contributed by atoms with Crippen LogP contribution in [0.3, 0.4) is 0 Å². The van der Waals surface area contributed by atoms with Gasteiger partial charge in [0.1, 0.15) is 28.8 Å². The topological polar surface area (TPSA) is 75.0 Å². The van der Waals surface area contributed by atoms with Crippen molar-refractivity contribution in [3.63, 3.8) is 0 Å². The monoisotopic (exact) mass is 431 g/mol. The SMILES string of the molecule is Cc1cc2[nH]c(-c3cnn4ccc(N5CCC[C@@H]5c5cc(F)ccc5F)nc34)nc2cn1. The van der Waals surface area contributed by atoms with Gasteiger partial charge in [0, 0.05) is 24.0 Å². The predicted octanol–water partition coefficient (Wildman–Crippen LogP) is 4.60. The number of hydrogen-bond donors (Lipinski definition) is 1. The number of nitrogens with one attached hydrogen (secondary N) is 1. The Morgan fingerprint density at radius 3 is 2.91 bits per heavy atom. The van der Waals surface area contributed by atoms with E-state index in [0.29, 0.717) is 29.4 Å². The minimum Gasteiger partial charge on any atom is -0.349 e. The first-order valence-electron chi connectivity index (χ1n) is 10.5. The maximum Gasteiger partial charge on any atom is 0.168 e. The highest BCUT2D eigenvalue weighted by molar-refractivity contribution is 5.82. The normalized spacial score (nSPS) is 16.5. The van der Waals surface area contributed by atoms with Gasteiger partial charge in [0.15, 0.2) is 5.65 Å². The van der Waals surface area contributed by atoms with Crippen LogP contribution in [-0.4, -0.2) is 36.1 Å². The van der Waals surface area contributed by atoms with Crippen molar-refractivity contribution in [1.82, 2.24) is 29.5 Å². The Labute approximate surface area is 181 Å². The van der Waals surface area contributed by atoms with Crippen LogP contribution < -0.4 is 4.90 Å². The van der Waals surface area contributed by atoms with Crippen molar-refractivity contribution in [1.29, 1.82) is 0 Å². The van der Waals surface area contributed by atoms with E-state index >= 15 is 0 Å². The summed E-state index contributed by atoms with van der Waals surface area (Å²) in [5.74, 6) is 0.505. The third-order valence-corrected chi connectivity index (χ3v) is 5.98. The third-order valence-electron chi connectivity index (χ3n) is 5.98. The maximum atomic E-state index is 14.5. The van der Waals surface area contributed by atoms with Crippen molar-refractivity contribution in [3.05, 3.63) is 71.8 Å². The van der Waals surface area contributed by atoms with Crippen LogP contribution in [-0.2, 0) is 0 Å². The lowest BCUT2D eigenvalue weighted by Crippen LogP contribution is -2.24. The van der Waals surface area contributed by atoms with E-state index in [4.69, 9.17) is 4.98 Å². The van der Waals surface area contributed by atoms with Crippen LogP contribution in [0.1, 0.15) is 30.1 Å². The van der Waals surface area contributed by atoms with Crippen LogP contribution in [0, 0.1) is 18.6 Å². The van der Waals surface area contributed by atoms with E-state index in [1.807, 2.05) is 30.2 Å². The molecule has 32 heavy (non-hydrogen) atoms. The van der Waals surface area contributed by atoms with Crippen LogP contribution in [0.25, 0.3) is 28.1 Å². The Hall–Kier alpha value is -3.88. The number of fused-ring (bicyclic) bond motifs is 2. The van der Waals surface area contributed by atoms with E-state index in [-0.39, 0.29) is 6.04 Å². The van der Waals surface area contributed by atoms with E-state index < -0.39 is 11.6 Å². The fourth-order valence-corrected chi connectivity index (χ4v) is 4.47. The van der Waals surface area contributed by atoms with Gasteiger partial charge in [-0.3, -0.25) is 4.98 Å². The Morgan fingerprint density at radius 1 is 1.09 bits per heavy atom. The van der Waals surface area contributed by atoms with E-state index in [1.165, 1.54) is 12.1 Å². The first-order chi connectivity index (χ1) is 15.6. The Bertz CT molecular complexity index is 1470. The standard InChI is InChI=1S/C23H19F2N7/c1-13-9-18-19(12-26-13)29-22(28-18)16-11-27-32-8-6-21(30-23(16)32)31-7-2-3-20(31)15-10-14(24)4-5-17(15)25/h4-6,8-12,20H,2-3,7H2,1H3,(H,28,29)/t20-/m1/s1. The molecule has 9 heteroatoms. The van der Waals surface area contributed by atoms with Crippen LogP contribution >= 0.6 is 0 Å². The zero-order valence-corrected chi connectivity index (χ0v) is 17.3. The lowest BCUT2D eigenvalue weighted by molar-refractivity contribution is 0.560. The van der Waals surface area contributed by atoms with Gasteiger partial charge in [-0.25, -0.2) is 23.3 Å². The molecule has 0 saturated carbocycles. The number of aromatic nitrogens is 6. The summed E-state index contributed by atoms with van der Waals surface area (Å²) in [4.78, 5) is 19.1. The van der Waals surface area contributed by atoms with Crippen molar-refractivity contribution in [3.8, 4) is 11.4 Å². The second-order valence-electron chi connectivity index (χ2n) is 8.06. The van der Waals surface area contributed by atoms with Crippen molar-refractivity contribution < 1.29 is 8.78 Å². The molecule has 1 fully saturated rings. The van der Waals surface area contributed by atoms with Crippen molar-refractivity contribution in [2.45, 2.75) is 25.8 Å². The molecule has 0 spiro atoms. The first kappa shape index (κ1) is 18.9. The molecule has 1 aliphatic heterocycles. The highest BCUT2D eigenvalue weighted by Crippen LogP contribution is 2.37. The number of aryl methyl sites for hydroxylation is 1. The van der Waals surface area contributed by atoms with Gasteiger partial charge in [-0.15, -0.1) is 0 Å². The fourth-order valence-electron chi connectivity index (χ4n) is 4.47. The summed E-state index contributed by atoms with van der Waals surface area (Å²) in [6, 6.07) is 7.14. The van der Waals surface area contributed by atoms with Gasteiger partial charge in [0.2, 0.25) is 0 Å². The van der Waals surface area contributed by atoms with Crippen LogP contribution in [0.5, 0.6) is 0 Å². The first-order valence-corrected chi connectivity index (χ1v) is 10.5. The number of hydrogen-bond acceptors (Lipinski definition) is 5. The Balaban J connectivity index is 1.43. The second-order valence-corrected chi connectivity index (χ2v) is 8.06.